The van der Waals surface area contributed by atoms with Crippen molar-refractivity contribution in [3.8, 4) is 0 Å². The van der Waals surface area contributed by atoms with Gasteiger partial charge in [-0.25, -0.2) is 0 Å². The van der Waals surface area contributed by atoms with E-state index in [-0.39, 0.29) is 11.5 Å². The molecule has 5 nitrogen and oxygen atoms in total. The molecule has 0 N–H and O–H groups in total. The van der Waals surface area contributed by atoms with Crippen molar-refractivity contribution < 1.29 is 9.47 Å². The molecule has 1 fully saturated rings. The van der Waals surface area contributed by atoms with E-state index in [9.17, 15) is 0 Å². The number of aromatic nitrogens is 3. The Hall–Kier alpha value is -1.46. The summed E-state index contributed by atoms with van der Waals surface area (Å²) in [7, 11) is 1.99. The summed E-state index contributed by atoms with van der Waals surface area (Å²) in [6.45, 7) is 8.59. The molecule has 5 heteroatoms. The summed E-state index contributed by atoms with van der Waals surface area (Å²) in [5.41, 5.74) is 3.36. The largest absolute Gasteiger partial charge is 0.379 e. The first-order chi connectivity index (χ1) is 9.97. The SMILES string of the molecule is Cn1nc(COC2CCOC2)c2cncc(C(C)(C)C)c21. The molecule has 0 aromatic carbocycles. The van der Waals surface area contributed by atoms with E-state index in [4.69, 9.17) is 9.47 Å². The monoisotopic (exact) mass is 289 g/mol. The maximum atomic E-state index is 5.91. The van der Waals surface area contributed by atoms with Crippen LogP contribution in [0.3, 0.4) is 0 Å². The van der Waals surface area contributed by atoms with Crippen molar-refractivity contribution in [1.29, 1.82) is 0 Å². The van der Waals surface area contributed by atoms with Crippen molar-refractivity contribution in [3.05, 3.63) is 23.7 Å². The molecule has 1 unspecified atom stereocenters. The molecule has 21 heavy (non-hydrogen) atoms. The lowest BCUT2D eigenvalue weighted by Gasteiger charge is -2.19. The third-order valence-electron chi connectivity index (χ3n) is 3.97. The number of hydrogen-bond acceptors (Lipinski definition) is 4. The van der Waals surface area contributed by atoms with Crippen LogP contribution >= 0.6 is 0 Å². The van der Waals surface area contributed by atoms with Crippen LogP contribution in [0.5, 0.6) is 0 Å². The van der Waals surface area contributed by atoms with Crippen LogP contribution in [0.2, 0.25) is 0 Å². The summed E-state index contributed by atoms with van der Waals surface area (Å²) in [5.74, 6) is 0. The second-order valence-electron chi connectivity index (χ2n) is 6.70. The fraction of sp³-hybridized carbons (Fsp3) is 0.625. The normalized spacial score (nSPS) is 19.5. The summed E-state index contributed by atoms with van der Waals surface area (Å²) in [6, 6.07) is 0. The molecule has 0 bridgehead atoms. The highest BCUT2D eigenvalue weighted by molar-refractivity contribution is 5.84. The number of rotatable bonds is 3. The van der Waals surface area contributed by atoms with Crippen LogP contribution < -0.4 is 0 Å². The molecule has 1 aliphatic rings. The molecule has 0 radical (unpaired) electrons. The van der Waals surface area contributed by atoms with Gasteiger partial charge >= 0.3 is 0 Å². The maximum Gasteiger partial charge on any atom is 0.0976 e. The van der Waals surface area contributed by atoms with E-state index in [1.54, 1.807) is 0 Å². The van der Waals surface area contributed by atoms with Crippen molar-refractivity contribution in [1.82, 2.24) is 14.8 Å². The Morgan fingerprint density at radius 2 is 2.19 bits per heavy atom. The summed E-state index contributed by atoms with van der Waals surface area (Å²) in [6.07, 6.45) is 5.00. The molecular weight excluding hydrogens is 266 g/mol. The predicted octanol–water partition coefficient (Wildman–Crippen LogP) is 2.57. The zero-order valence-corrected chi connectivity index (χ0v) is 13.2. The Morgan fingerprint density at radius 3 is 2.86 bits per heavy atom. The summed E-state index contributed by atoms with van der Waals surface area (Å²) in [4.78, 5) is 4.40. The second-order valence-corrected chi connectivity index (χ2v) is 6.70. The zero-order valence-electron chi connectivity index (χ0n) is 13.2. The van der Waals surface area contributed by atoms with Crippen LogP contribution in [0, 0.1) is 0 Å². The first-order valence-electron chi connectivity index (χ1n) is 7.46. The van der Waals surface area contributed by atoms with Gasteiger partial charge in [-0.15, -0.1) is 0 Å². The predicted molar refractivity (Wildman–Crippen MR) is 81.2 cm³/mol. The molecule has 3 rings (SSSR count). The minimum Gasteiger partial charge on any atom is -0.379 e. The van der Waals surface area contributed by atoms with Gasteiger partial charge in [-0.3, -0.25) is 9.67 Å². The molecule has 114 valence electrons. The van der Waals surface area contributed by atoms with Crippen molar-refractivity contribution in [2.75, 3.05) is 13.2 Å². The first-order valence-corrected chi connectivity index (χ1v) is 7.46. The van der Waals surface area contributed by atoms with E-state index in [1.165, 1.54) is 5.56 Å². The average molecular weight is 289 g/mol. The first kappa shape index (κ1) is 14.5. The van der Waals surface area contributed by atoms with Gasteiger partial charge in [0.15, 0.2) is 0 Å². The van der Waals surface area contributed by atoms with Gasteiger partial charge in [0.25, 0.3) is 0 Å². The smallest absolute Gasteiger partial charge is 0.0976 e. The minimum absolute atomic E-state index is 0.0394. The lowest BCUT2D eigenvalue weighted by atomic mass is 9.87. The van der Waals surface area contributed by atoms with Gasteiger partial charge < -0.3 is 9.47 Å². The van der Waals surface area contributed by atoms with Gasteiger partial charge in [0.1, 0.15) is 0 Å². The van der Waals surface area contributed by atoms with Gasteiger partial charge in [0, 0.05) is 37.0 Å². The lowest BCUT2D eigenvalue weighted by Crippen LogP contribution is -2.13. The highest BCUT2D eigenvalue weighted by Gasteiger charge is 2.22. The zero-order chi connectivity index (χ0) is 15.0. The molecular formula is C16H23N3O2. The van der Waals surface area contributed by atoms with E-state index in [0.29, 0.717) is 13.2 Å². The van der Waals surface area contributed by atoms with Gasteiger partial charge in [-0.1, -0.05) is 20.8 Å². The van der Waals surface area contributed by atoms with E-state index in [0.717, 1.165) is 29.6 Å². The quantitative estimate of drug-likeness (QED) is 0.871. The van der Waals surface area contributed by atoms with E-state index in [1.807, 2.05) is 24.1 Å². The van der Waals surface area contributed by atoms with Crippen molar-refractivity contribution in [2.24, 2.45) is 7.05 Å². The number of ether oxygens (including phenoxy) is 2. The number of aryl methyl sites for hydroxylation is 1. The number of nitrogens with zero attached hydrogens (tertiary/aromatic N) is 3. The summed E-state index contributed by atoms with van der Waals surface area (Å²) >= 11 is 0. The fourth-order valence-corrected chi connectivity index (χ4v) is 2.80. The van der Waals surface area contributed by atoms with Crippen LogP contribution in [0.1, 0.15) is 38.4 Å². The standard InChI is InChI=1S/C16H23N3O2/c1-16(2,3)13-8-17-7-12-14(18-19(4)15(12)13)10-21-11-5-6-20-9-11/h7-8,11H,5-6,9-10H2,1-4H3. The van der Waals surface area contributed by atoms with E-state index < -0.39 is 0 Å². The Morgan fingerprint density at radius 1 is 1.38 bits per heavy atom. The van der Waals surface area contributed by atoms with Crippen LogP contribution in [-0.4, -0.2) is 34.1 Å². The summed E-state index contributed by atoms with van der Waals surface area (Å²) < 4.78 is 13.2. The second kappa shape index (κ2) is 5.39. The molecule has 0 saturated carbocycles. The van der Waals surface area contributed by atoms with Gasteiger partial charge in [0.2, 0.25) is 0 Å². The van der Waals surface area contributed by atoms with E-state index in [2.05, 4.69) is 30.9 Å². The number of hydrogen-bond donors (Lipinski definition) is 0. The van der Waals surface area contributed by atoms with Gasteiger partial charge in [0.05, 0.1) is 30.5 Å². The highest BCUT2D eigenvalue weighted by atomic mass is 16.5. The molecule has 1 atom stereocenters. The number of fused-ring (bicyclic) bond motifs is 1. The molecule has 2 aromatic rings. The Labute approximate surface area is 125 Å². The minimum atomic E-state index is 0.0394. The van der Waals surface area contributed by atoms with E-state index >= 15 is 0 Å². The molecule has 2 aromatic heterocycles. The van der Waals surface area contributed by atoms with Gasteiger partial charge in [-0.05, 0) is 11.8 Å². The maximum absolute atomic E-state index is 5.91. The van der Waals surface area contributed by atoms with Gasteiger partial charge in [-0.2, -0.15) is 5.10 Å². The molecule has 3 heterocycles. The van der Waals surface area contributed by atoms with Crippen LogP contribution in [0.4, 0.5) is 0 Å². The van der Waals surface area contributed by atoms with Crippen molar-refractivity contribution >= 4 is 10.9 Å². The van der Waals surface area contributed by atoms with Crippen molar-refractivity contribution in [3.63, 3.8) is 0 Å². The number of pyridine rings is 1. The molecule has 1 aliphatic heterocycles. The topological polar surface area (TPSA) is 49.2 Å². The third kappa shape index (κ3) is 2.80. The molecule has 0 aliphatic carbocycles. The average Bonchev–Trinajstić information content (AvgIpc) is 3.04. The van der Waals surface area contributed by atoms with Crippen LogP contribution in [-0.2, 0) is 28.5 Å². The summed E-state index contributed by atoms with van der Waals surface area (Å²) in [5, 5.41) is 5.72. The van der Waals surface area contributed by atoms with Crippen LogP contribution in [0.25, 0.3) is 10.9 Å². The fourth-order valence-electron chi connectivity index (χ4n) is 2.80. The molecule has 0 amide bonds. The highest BCUT2D eigenvalue weighted by Crippen LogP contribution is 2.30. The Kier molecular flexibility index (Phi) is 3.71. The molecule has 1 saturated heterocycles. The molecule has 0 spiro atoms. The van der Waals surface area contributed by atoms with Crippen molar-refractivity contribution in [2.45, 2.75) is 45.3 Å². The lowest BCUT2D eigenvalue weighted by molar-refractivity contribution is 0.0304. The Balaban J connectivity index is 1.93. The Bertz CT molecular complexity index is 637. The van der Waals surface area contributed by atoms with Crippen LogP contribution in [0.15, 0.2) is 12.4 Å². The third-order valence-corrected chi connectivity index (χ3v) is 3.97.